The molecular weight excluding hydrogens is 368 g/mol. The number of carbonyl (C=O) groups excluding carboxylic acids is 2. The van der Waals surface area contributed by atoms with Crippen LogP contribution in [0.2, 0.25) is 0 Å². The lowest BCUT2D eigenvalue weighted by atomic mass is 10.1. The number of hydrogen-bond acceptors (Lipinski definition) is 4. The molecule has 0 aliphatic carbocycles. The van der Waals surface area contributed by atoms with Crippen LogP contribution in [0.3, 0.4) is 0 Å². The number of unbranched alkanes of at least 4 members (excludes halogenated alkanes) is 1. The van der Waals surface area contributed by atoms with Gasteiger partial charge in [-0.2, -0.15) is 5.10 Å². The molecule has 2 aromatic rings. The highest BCUT2D eigenvalue weighted by Crippen LogP contribution is 2.14. The van der Waals surface area contributed by atoms with E-state index in [1.807, 2.05) is 36.1 Å². The lowest BCUT2D eigenvalue weighted by molar-refractivity contribution is 0.0724. The van der Waals surface area contributed by atoms with Crippen LogP contribution in [0.5, 0.6) is 0 Å². The molecule has 3 rings (SSSR count). The van der Waals surface area contributed by atoms with E-state index in [2.05, 4.69) is 10.4 Å². The van der Waals surface area contributed by atoms with E-state index in [9.17, 15) is 14.4 Å². The molecule has 1 aromatic heterocycles. The fourth-order valence-electron chi connectivity index (χ4n) is 3.36. The average Bonchev–Trinajstić information content (AvgIpc) is 2.77. The smallest absolute Gasteiger partial charge is 0.271 e. The maximum Gasteiger partial charge on any atom is 0.271 e. The summed E-state index contributed by atoms with van der Waals surface area (Å²) in [6, 6.07) is 10.1. The number of piperidine rings is 1. The summed E-state index contributed by atoms with van der Waals surface area (Å²) in [6.45, 7) is 4.51. The number of hydrogen-bond donors (Lipinski definition) is 1. The zero-order valence-corrected chi connectivity index (χ0v) is 16.9. The van der Waals surface area contributed by atoms with Crippen molar-refractivity contribution in [2.75, 3.05) is 13.1 Å². The van der Waals surface area contributed by atoms with Crippen molar-refractivity contribution < 1.29 is 9.59 Å². The molecule has 1 aliphatic heterocycles. The van der Waals surface area contributed by atoms with Crippen LogP contribution >= 0.6 is 0 Å². The lowest BCUT2D eigenvalue weighted by Crippen LogP contribution is -2.35. The zero-order valence-electron chi connectivity index (χ0n) is 16.9. The highest BCUT2D eigenvalue weighted by atomic mass is 16.2. The Kier molecular flexibility index (Phi) is 7.16. The number of rotatable bonds is 7. The third-order valence-electron chi connectivity index (χ3n) is 5.12. The summed E-state index contributed by atoms with van der Waals surface area (Å²) >= 11 is 0. The van der Waals surface area contributed by atoms with Gasteiger partial charge in [0, 0.05) is 37.8 Å². The molecule has 0 bridgehead atoms. The van der Waals surface area contributed by atoms with Crippen molar-refractivity contribution in [3.8, 4) is 0 Å². The Morgan fingerprint density at radius 2 is 1.76 bits per heavy atom. The molecule has 1 aromatic carbocycles. The molecule has 1 aliphatic rings. The first kappa shape index (κ1) is 20.8. The predicted octanol–water partition coefficient (Wildman–Crippen LogP) is 2.60. The van der Waals surface area contributed by atoms with Crippen LogP contribution in [-0.2, 0) is 13.1 Å². The molecule has 29 heavy (non-hydrogen) atoms. The predicted molar refractivity (Wildman–Crippen MR) is 111 cm³/mol. The number of aromatic nitrogens is 2. The first-order chi connectivity index (χ1) is 14.1. The molecule has 1 fully saturated rings. The summed E-state index contributed by atoms with van der Waals surface area (Å²) in [6.07, 6.45) is 5.10. The van der Waals surface area contributed by atoms with Crippen molar-refractivity contribution in [1.82, 2.24) is 20.0 Å². The molecule has 7 nitrogen and oxygen atoms in total. The Hall–Kier alpha value is -2.96. The fourth-order valence-corrected chi connectivity index (χ4v) is 3.36. The quantitative estimate of drug-likeness (QED) is 0.780. The molecule has 7 heteroatoms. The van der Waals surface area contributed by atoms with E-state index in [0.717, 1.165) is 44.3 Å². The Bertz CT molecular complexity index is 899. The molecule has 1 N–H and O–H groups in total. The number of aryl methyl sites for hydroxylation is 1. The van der Waals surface area contributed by atoms with Crippen LogP contribution in [0, 0.1) is 0 Å². The molecule has 0 saturated carbocycles. The van der Waals surface area contributed by atoms with Gasteiger partial charge >= 0.3 is 0 Å². The minimum Gasteiger partial charge on any atom is -0.347 e. The standard InChI is InChI=1S/C22H28N4O3/c1-2-3-15-26-20(27)12-11-19(24-26)21(28)23-16-17-7-9-18(10-8-17)22(29)25-13-5-4-6-14-25/h7-12H,2-6,13-16H2,1H3,(H,23,28). The molecule has 0 spiro atoms. The van der Waals surface area contributed by atoms with Gasteiger partial charge < -0.3 is 10.2 Å². The topological polar surface area (TPSA) is 84.3 Å². The van der Waals surface area contributed by atoms with E-state index in [0.29, 0.717) is 18.7 Å². The highest BCUT2D eigenvalue weighted by molar-refractivity contribution is 5.94. The van der Waals surface area contributed by atoms with Gasteiger partial charge in [-0.25, -0.2) is 4.68 Å². The van der Waals surface area contributed by atoms with Crippen molar-refractivity contribution >= 4 is 11.8 Å². The summed E-state index contributed by atoms with van der Waals surface area (Å²) in [4.78, 5) is 38.6. The Morgan fingerprint density at radius 1 is 1.03 bits per heavy atom. The Balaban J connectivity index is 1.57. The highest BCUT2D eigenvalue weighted by Gasteiger charge is 2.18. The van der Waals surface area contributed by atoms with E-state index < -0.39 is 0 Å². The molecule has 1 saturated heterocycles. The van der Waals surface area contributed by atoms with Crippen LogP contribution in [-0.4, -0.2) is 39.6 Å². The summed E-state index contributed by atoms with van der Waals surface area (Å²) < 4.78 is 1.33. The van der Waals surface area contributed by atoms with E-state index in [4.69, 9.17) is 0 Å². The van der Waals surface area contributed by atoms with Crippen molar-refractivity contribution in [1.29, 1.82) is 0 Å². The van der Waals surface area contributed by atoms with Crippen LogP contribution < -0.4 is 10.9 Å². The number of benzene rings is 1. The maximum atomic E-state index is 12.5. The fraction of sp³-hybridized carbons (Fsp3) is 0.455. The first-order valence-electron chi connectivity index (χ1n) is 10.3. The molecule has 154 valence electrons. The van der Waals surface area contributed by atoms with Crippen LogP contribution in [0.4, 0.5) is 0 Å². The number of carbonyl (C=O) groups is 2. The number of nitrogens with one attached hydrogen (secondary N) is 1. The Labute approximate surface area is 170 Å². The minimum absolute atomic E-state index is 0.0684. The molecule has 0 radical (unpaired) electrons. The second-order valence-electron chi connectivity index (χ2n) is 7.37. The van der Waals surface area contributed by atoms with Crippen LogP contribution in [0.25, 0.3) is 0 Å². The van der Waals surface area contributed by atoms with Gasteiger partial charge in [0.05, 0.1) is 0 Å². The van der Waals surface area contributed by atoms with Gasteiger partial charge in [0.2, 0.25) is 0 Å². The number of amides is 2. The SMILES string of the molecule is CCCCn1nc(C(=O)NCc2ccc(C(=O)N3CCCCC3)cc2)ccc1=O. The summed E-state index contributed by atoms with van der Waals surface area (Å²) in [5.41, 5.74) is 1.58. The molecule has 2 amide bonds. The number of likely N-dealkylation sites (tertiary alicyclic amines) is 1. The summed E-state index contributed by atoms with van der Waals surface area (Å²) in [7, 11) is 0. The molecular formula is C22H28N4O3. The zero-order chi connectivity index (χ0) is 20.6. The van der Waals surface area contributed by atoms with Gasteiger partial charge in [-0.1, -0.05) is 25.5 Å². The average molecular weight is 396 g/mol. The lowest BCUT2D eigenvalue weighted by Gasteiger charge is -2.26. The van der Waals surface area contributed by atoms with Crippen LogP contribution in [0.15, 0.2) is 41.2 Å². The normalized spacial score (nSPS) is 13.9. The van der Waals surface area contributed by atoms with Gasteiger partial charge in [-0.05, 0) is 49.4 Å². The van der Waals surface area contributed by atoms with Gasteiger partial charge in [-0.15, -0.1) is 0 Å². The van der Waals surface area contributed by atoms with E-state index in [1.54, 1.807) is 0 Å². The minimum atomic E-state index is -0.330. The molecule has 2 heterocycles. The van der Waals surface area contributed by atoms with Gasteiger partial charge in [0.25, 0.3) is 17.4 Å². The second-order valence-corrected chi connectivity index (χ2v) is 7.37. The van der Waals surface area contributed by atoms with Crippen LogP contribution in [0.1, 0.15) is 65.4 Å². The van der Waals surface area contributed by atoms with Gasteiger partial charge in [0.15, 0.2) is 0 Å². The maximum absolute atomic E-state index is 12.5. The monoisotopic (exact) mass is 396 g/mol. The third-order valence-corrected chi connectivity index (χ3v) is 5.12. The number of nitrogens with zero attached hydrogens (tertiary/aromatic N) is 3. The summed E-state index contributed by atoms with van der Waals surface area (Å²) in [5, 5.41) is 6.97. The molecule has 0 atom stereocenters. The van der Waals surface area contributed by atoms with Crippen molar-refractivity contribution in [2.24, 2.45) is 0 Å². The van der Waals surface area contributed by atoms with Crippen molar-refractivity contribution in [3.05, 3.63) is 63.6 Å². The van der Waals surface area contributed by atoms with E-state index in [1.165, 1.54) is 23.2 Å². The van der Waals surface area contributed by atoms with Crippen molar-refractivity contribution in [3.63, 3.8) is 0 Å². The van der Waals surface area contributed by atoms with Gasteiger partial charge in [0.1, 0.15) is 5.69 Å². The van der Waals surface area contributed by atoms with Gasteiger partial charge in [-0.3, -0.25) is 14.4 Å². The van der Waals surface area contributed by atoms with E-state index in [-0.39, 0.29) is 23.1 Å². The van der Waals surface area contributed by atoms with Crippen molar-refractivity contribution in [2.45, 2.75) is 52.1 Å². The third kappa shape index (κ3) is 5.53. The largest absolute Gasteiger partial charge is 0.347 e. The molecule has 0 unspecified atom stereocenters. The first-order valence-corrected chi connectivity index (χ1v) is 10.3. The summed E-state index contributed by atoms with van der Waals surface area (Å²) in [5.74, 6) is -0.262. The second kappa shape index (κ2) is 10.0. The Morgan fingerprint density at radius 3 is 2.45 bits per heavy atom. The van der Waals surface area contributed by atoms with E-state index >= 15 is 0 Å².